The van der Waals surface area contributed by atoms with Crippen LogP contribution in [0.25, 0.3) is 5.65 Å². The lowest BCUT2D eigenvalue weighted by molar-refractivity contribution is 0.133. The number of piperidine rings is 1. The Labute approximate surface area is 129 Å². The van der Waals surface area contributed by atoms with Gasteiger partial charge in [-0.25, -0.2) is 4.98 Å². The van der Waals surface area contributed by atoms with Crippen LogP contribution >= 0.6 is 11.6 Å². The largest absolute Gasteiger partial charge is 0.297 e. The van der Waals surface area contributed by atoms with Crippen LogP contribution in [0.15, 0.2) is 29.2 Å². The number of hydrogen-bond donors (Lipinski definition) is 0. The van der Waals surface area contributed by atoms with Crippen molar-refractivity contribution in [3.63, 3.8) is 0 Å². The van der Waals surface area contributed by atoms with E-state index in [1.807, 2.05) is 0 Å². The Balaban J connectivity index is 1.87. The second kappa shape index (κ2) is 5.78. The summed E-state index contributed by atoms with van der Waals surface area (Å²) in [5.74, 6) is 1.41. The summed E-state index contributed by atoms with van der Waals surface area (Å²) in [5.41, 5.74) is 1.42. The van der Waals surface area contributed by atoms with Gasteiger partial charge >= 0.3 is 0 Å². The highest BCUT2D eigenvalue weighted by molar-refractivity contribution is 6.30. The Morgan fingerprint density at radius 2 is 2.00 bits per heavy atom. The van der Waals surface area contributed by atoms with Crippen molar-refractivity contribution in [2.24, 2.45) is 11.8 Å². The van der Waals surface area contributed by atoms with Crippen LogP contribution < -0.4 is 5.56 Å². The van der Waals surface area contributed by atoms with Crippen LogP contribution in [0, 0.1) is 11.8 Å². The highest BCUT2D eigenvalue weighted by Crippen LogP contribution is 2.22. The van der Waals surface area contributed by atoms with Crippen molar-refractivity contribution in [3.8, 4) is 0 Å². The van der Waals surface area contributed by atoms with Crippen molar-refractivity contribution < 1.29 is 0 Å². The van der Waals surface area contributed by atoms with E-state index in [-0.39, 0.29) is 5.56 Å². The van der Waals surface area contributed by atoms with Gasteiger partial charge in [0.2, 0.25) is 0 Å². The number of pyridine rings is 1. The minimum absolute atomic E-state index is 0.0735. The van der Waals surface area contributed by atoms with E-state index in [1.54, 1.807) is 24.4 Å². The van der Waals surface area contributed by atoms with E-state index < -0.39 is 0 Å². The monoisotopic (exact) mass is 305 g/mol. The lowest BCUT2D eigenvalue weighted by Gasteiger charge is -2.34. The second-order valence-electron chi connectivity index (χ2n) is 6.30. The van der Waals surface area contributed by atoms with E-state index in [0.717, 1.165) is 25.3 Å². The van der Waals surface area contributed by atoms with Crippen LogP contribution in [0.4, 0.5) is 0 Å². The number of likely N-dealkylation sites (tertiary alicyclic amines) is 1. The van der Waals surface area contributed by atoms with E-state index in [2.05, 4.69) is 23.7 Å². The standard InChI is InChI=1S/C16H20ClN3O/c1-11-5-12(2)8-19(7-11)10-14-6-16(21)20-9-13(17)3-4-15(20)18-14/h3-4,6,9,11-12H,5,7-8,10H2,1-2H3/t11-,12-/m1/s1. The molecule has 2 aromatic heterocycles. The summed E-state index contributed by atoms with van der Waals surface area (Å²) in [7, 11) is 0. The summed E-state index contributed by atoms with van der Waals surface area (Å²) < 4.78 is 1.49. The number of rotatable bonds is 2. The van der Waals surface area contributed by atoms with E-state index in [0.29, 0.717) is 22.5 Å². The Bertz CT molecular complexity index is 702. The summed E-state index contributed by atoms with van der Waals surface area (Å²) in [6.07, 6.45) is 2.89. The van der Waals surface area contributed by atoms with Crippen molar-refractivity contribution in [3.05, 3.63) is 45.5 Å². The molecule has 3 rings (SSSR count). The van der Waals surface area contributed by atoms with E-state index >= 15 is 0 Å². The van der Waals surface area contributed by atoms with Gasteiger partial charge in [0.25, 0.3) is 5.56 Å². The Morgan fingerprint density at radius 3 is 2.71 bits per heavy atom. The van der Waals surface area contributed by atoms with Crippen LogP contribution in [0.1, 0.15) is 26.0 Å². The van der Waals surface area contributed by atoms with Crippen LogP contribution in [-0.4, -0.2) is 27.4 Å². The molecule has 2 atom stereocenters. The average molecular weight is 306 g/mol. The maximum Gasteiger partial charge on any atom is 0.258 e. The summed E-state index contributed by atoms with van der Waals surface area (Å²) in [5, 5.41) is 0.540. The van der Waals surface area contributed by atoms with Gasteiger partial charge in [-0.2, -0.15) is 0 Å². The third-order valence-electron chi connectivity index (χ3n) is 4.01. The fraction of sp³-hybridized carbons (Fsp3) is 0.500. The smallest absolute Gasteiger partial charge is 0.258 e. The molecule has 0 amide bonds. The van der Waals surface area contributed by atoms with Gasteiger partial charge in [-0.05, 0) is 30.4 Å². The number of nitrogens with zero attached hydrogens (tertiary/aromatic N) is 3. The number of hydrogen-bond acceptors (Lipinski definition) is 3. The third kappa shape index (κ3) is 3.27. The third-order valence-corrected chi connectivity index (χ3v) is 4.23. The molecular formula is C16H20ClN3O. The Hall–Kier alpha value is -1.39. The number of halogens is 1. The van der Waals surface area contributed by atoms with Crippen molar-refractivity contribution in [2.45, 2.75) is 26.8 Å². The molecule has 1 aliphatic rings. The molecule has 0 radical (unpaired) electrons. The highest BCUT2D eigenvalue weighted by Gasteiger charge is 2.22. The Kier molecular flexibility index (Phi) is 4.00. The SMILES string of the molecule is C[C@@H]1C[C@@H](C)CN(Cc2cc(=O)n3cc(Cl)ccc3n2)C1. The summed E-state index contributed by atoms with van der Waals surface area (Å²) in [6, 6.07) is 5.17. The van der Waals surface area contributed by atoms with Crippen molar-refractivity contribution in [1.82, 2.24) is 14.3 Å². The molecular weight excluding hydrogens is 286 g/mol. The normalized spacial score (nSPS) is 23.6. The zero-order chi connectivity index (χ0) is 15.0. The van der Waals surface area contributed by atoms with E-state index in [4.69, 9.17) is 11.6 Å². The zero-order valence-electron chi connectivity index (χ0n) is 12.4. The van der Waals surface area contributed by atoms with Crippen molar-refractivity contribution >= 4 is 17.2 Å². The van der Waals surface area contributed by atoms with Gasteiger partial charge in [0.1, 0.15) is 5.65 Å². The molecule has 0 bridgehead atoms. The summed E-state index contributed by atoms with van der Waals surface area (Å²) in [4.78, 5) is 19.1. The molecule has 2 aromatic rings. The molecule has 1 saturated heterocycles. The molecule has 21 heavy (non-hydrogen) atoms. The van der Waals surface area contributed by atoms with E-state index in [1.165, 1.54) is 10.8 Å². The van der Waals surface area contributed by atoms with Crippen LogP contribution in [0.3, 0.4) is 0 Å². The predicted molar refractivity (Wildman–Crippen MR) is 84.7 cm³/mol. The maximum atomic E-state index is 12.2. The van der Waals surface area contributed by atoms with Crippen molar-refractivity contribution in [1.29, 1.82) is 0 Å². The first-order valence-corrected chi connectivity index (χ1v) is 7.79. The molecule has 0 unspecified atom stereocenters. The molecule has 0 N–H and O–H groups in total. The molecule has 0 spiro atoms. The minimum Gasteiger partial charge on any atom is -0.297 e. The van der Waals surface area contributed by atoms with E-state index in [9.17, 15) is 4.79 Å². The number of aromatic nitrogens is 2. The average Bonchev–Trinajstić information content (AvgIpc) is 2.38. The van der Waals surface area contributed by atoms with Crippen LogP contribution in [0.2, 0.25) is 5.02 Å². The maximum absolute atomic E-state index is 12.2. The van der Waals surface area contributed by atoms with Gasteiger partial charge in [-0.1, -0.05) is 25.4 Å². The predicted octanol–water partition coefficient (Wildman–Crippen LogP) is 2.83. The van der Waals surface area contributed by atoms with Crippen LogP contribution in [0.5, 0.6) is 0 Å². The highest BCUT2D eigenvalue weighted by atomic mass is 35.5. The lowest BCUT2D eigenvalue weighted by atomic mass is 9.92. The van der Waals surface area contributed by atoms with Gasteiger partial charge in [0, 0.05) is 31.9 Å². The first kappa shape index (κ1) is 14.5. The molecule has 3 heterocycles. The first-order valence-electron chi connectivity index (χ1n) is 7.41. The fourth-order valence-electron chi connectivity index (χ4n) is 3.36. The fourth-order valence-corrected chi connectivity index (χ4v) is 3.52. The second-order valence-corrected chi connectivity index (χ2v) is 6.74. The topological polar surface area (TPSA) is 37.6 Å². The van der Waals surface area contributed by atoms with Gasteiger partial charge in [-0.15, -0.1) is 0 Å². The lowest BCUT2D eigenvalue weighted by Crippen LogP contribution is -2.38. The molecule has 1 fully saturated rings. The van der Waals surface area contributed by atoms with Crippen molar-refractivity contribution in [2.75, 3.05) is 13.1 Å². The van der Waals surface area contributed by atoms with Gasteiger partial charge in [0.05, 0.1) is 10.7 Å². The van der Waals surface area contributed by atoms with Gasteiger partial charge in [-0.3, -0.25) is 14.1 Å². The quantitative estimate of drug-likeness (QED) is 0.856. The number of fused-ring (bicyclic) bond motifs is 1. The van der Waals surface area contributed by atoms with Gasteiger partial charge < -0.3 is 0 Å². The zero-order valence-corrected chi connectivity index (χ0v) is 13.2. The molecule has 4 nitrogen and oxygen atoms in total. The van der Waals surface area contributed by atoms with Crippen LogP contribution in [-0.2, 0) is 6.54 Å². The Morgan fingerprint density at radius 1 is 1.29 bits per heavy atom. The molecule has 0 aliphatic carbocycles. The molecule has 0 saturated carbocycles. The molecule has 5 heteroatoms. The van der Waals surface area contributed by atoms with Gasteiger partial charge in [0.15, 0.2) is 0 Å². The molecule has 112 valence electrons. The minimum atomic E-state index is -0.0735. The summed E-state index contributed by atoms with van der Waals surface area (Å²) in [6.45, 7) is 7.46. The molecule has 1 aliphatic heterocycles. The summed E-state index contributed by atoms with van der Waals surface area (Å²) >= 11 is 5.92. The molecule has 0 aromatic carbocycles. The first-order chi connectivity index (χ1) is 10.0.